The van der Waals surface area contributed by atoms with Crippen LogP contribution in [0.25, 0.3) is 0 Å². The molecule has 0 saturated carbocycles. The van der Waals surface area contributed by atoms with Crippen molar-refractivity contribution in [2.75, 3.05) is 11.9 Å². The van der Waals surface area contributed by atoms with Gasteiger partial charge in [0.15, 0.2) is 5.11 Å². The highest BCUT2D eigenvalue weighted by Crippen LogP contribution is 2.39. The van der Waals surface area contributed by atoms with Crippen LogP contribution in [0.15, 0.2) is 65.2 Å². The molecule has 1 fully saturated rings. The van der Waals surface area contributed by atoms with Crippen LogP contribution in [0, 0.1) is 13.8 Å². The number of aromatic nitrogens is 1. The molecule has 6 nitrogen and oxygen atoms in total. The average Bonchev–Trinajstić information content (AvgIpc) is 3.30. The van der Waals surface area contributed by atoms with Crippen LogP contribution in [0.1, 0.15) is 41.3 Å². The third-order valence-corrected chi connectivity index (χ3v) is 5.48. The van der Waals surface area contributed by atoms with Gasteiger partial charge in [-0.2, -0.15) is 0 Å². The van der Waals surface area contributed by atoms with Gasteiger partial charge in [0.25, 0.3) is 0 Å². The molecule has 3 aromatic rings. The highest BCUT2D eigenvalue weighted by atomic mass is 32.1. The summed E-state index contributed by atoms with van der Waals surface area (Å²) in [5, 5.41) is 6.91. The predicted octanol–water partition coefficient (Wildman–Crippen LogP) is 4.29. The molecule has 2 aromatic heterocycles. The Kier molecular flexibility index (Phi) is 5.81. The van der Waals surface area contributed by atoms with Crippen molar-refractivity contribution in [3.8, 4) is 0 Å². The van der Waals surface area contributed by atoms with E-state index in [9.17, 15) is 4.79 Å². The Bertz CT molecular complexity index is 1050. The number of hydrogen-bond acceptors (Lipinski definition) is 4. The number of pyridine rings is 1. The SMILES string of the molecule is Cc1cccc(NC(=O)CCN2C(=S)N[C@@H](c3ccccn3)[C@H]2c2ccc(C)o2)c1. The summed E-state index contributed by atoms with van der Waals surface area (Å²) in [6.45, 7) is 4.38. The Morgan fingerprint density at radius 2 is 2.07 bits per heavy atom. The van der Waals surface area contributed by atoms with E-state index in [2.05, 4.69) is 15.6 Å². The minimum atomic E-state index is -0.173. The molecule has 30 heavy (non-hydrogen) atoms. The maximum Gasteiger partial charge on any atom is 0.226 e. The van der Waals surface area contributed by atoms with Crippen LogP contribution in [0.2, 0.25) is 0 Å². The van der Waals surface area contributed by atoms with E-state index in [1.165, 1.54) is 0 Å². The van der Waals surface area contributed by atoms with E-state index in [1.54, 1.807) is 6.20 Å². The quantitative estimate of drug-likeness (QED) is 0.580. The third kappa shape index (κ3) is 4.36. The fourth-order valence-electron chi connectivity index (χ4n) is 3.74. The number of carbonyl (C=O) groups is 1. The van der Waals surface area contributed by atoms with Crippen molar-refractivity contribution >= 4 is 28.9 Å². The number of anilines is 1. The predicted molar refractivity (Wildman–Crippen MR) is 120 cm³/mol. The summed E-state index contributed by atoms with van der Waals surface area (Å²) in [4.78, 5) is 19.1. The van der Waals surface area contributed by atoms with Crippen molar-refractivity contribution in [3.63, 3.8) is 0 Å². The van der Waals surface area contributed by atoms with Gasteiger partial charge in [0.2, 0.25) is 5.91 Å². The molecule has 1 aromatic carbocycles. The molecule has 0 unspecified atom stereocenters. The zero-order valence-corrected chi connectivity index (χ0v) is 17.8. The van der Waals surface area contributed by atoms with Gasteiger partial charge in [-0.05, 0) is 68.0 Å². The monoisotopic (exact) mass is 420 g/mol. The van der Waals surface area contributed by atoms with Crippen molar-refractivity contribution in [2.24, 2.45) is 0 Å². The number of furan rings is 1. The molecule has 3 heterocycles. The molecule has 0 spiro atoms. The summed E-state index contributed by atoms with van der Waals surface area (Å²) in [7, 11) is 0. The van der Waals surface area contributed by atoms with E-state index in [4.69, 9.17) is 16.6 Å². The first-order valence-electron chi connectivity index (χ1n) is 9.92. The Morgan fingerprint density at radius 3 is 2.77 bits per heavy atom. The Balaban J connectivity index is 1.51. The van der Waals surface area contributed by atoms with Crippen molar-refractivity contribution < 1.29 is 9.21 Å². The van der Waals surface area contributed by atoms with Crippen LogP contribution in [-0.2, 0) is 4.79 Å². The molecular weight excluding hydrogens is 396 g/mol. The average molecular weight is 421 g/mol. The molecule has 0 aliphatic carbocycles. The lowest BCUT2D eigenvalue weighted by molar-refractivity contribution is -0.116. The molecule has 1 aliphatic rings. The summed E-state index contributed by atoms with van der Waals surface area (Å²) in [5.74, 6) is 1.58. The van der Waals surface area contributed by atoms with E-state index >= 15 is 0 Å². The second kappa shape index (κ2) is 8.67. The van der Waals surface area contributed by atoms with E-state index in [0.29, 0.717) is 18.1 Å². The maximum absolute atomic E-state index is 12.5. The van der Waals surface area contributed by atoms with Crippen LogP contribution in [0.4, 0.5) is 5.69 Å². The summed E-state index contributed by atoms with van der Waals surface area (Å²) >= 11 is 5.61. The minimum absolute atomic E-state index is 0.0564. The fourth-order valence-corrected chi connectivity index (χ4v) is 4.07. The number of aryl methyl sites for hydroxylation is 2. The second-order valence-corrected chi connectivity index (χ2v) is 7.82. The Hall–Kier alpha value is -3.19. The molecule has 0 radical (unpaired) electrons. The summed E-state index contributed by atoms with van der Waals surface area (Å²) < 4.78 is 5.94. The minimum Gasteiger partial charge on any atom is -0.464 e. The van der Waals surface area contributed by atoms with Gasteiger partial charge in [-0.15, -0.1) is 0 Å². The highest BCUT2D eigenvalue weighted by molar-refractivity contribution is 7.80. The molecule has 4 rings (SSSR count). The van der Waals surface area contributed by atoms with Crippen molar-refractivity contribution in [1.29, 1.82) is 0 Å². The molecule has 1 aliphatic heterocycles. The Morgan fingerprint density at radius 1 is 1.20 bits per heavy atom. The van der Waals surface area contributed by atoms with Crippen LogP contribution in [0.3, 0.4) is 0 Å². The van der Waals surface area contributed by atoms with Crippen LogP contribution in [-0.4, -0.2) is 27.4 Å². The van der Waals surface area contributed by atoms with Gasteiger partial charge in [0.1, 0.15) is 17.6 Å². The van der Waals surface area contributed by atoms with Crippen LogP contribution >= 0.6 is 12.2 Å². The number of thiocarbonyl (C=S) groups is 1. The van der Waals surface area contributed by atoms with E-state index in [-0.39, 0.29) is 18.0 Å². The number of rotatable bonds is 6. The number of nitrogens with one attached hydrogen (secondary N) is 2. The van der Waals surface area contributed by atoms with Gasteiger partial charge in [-0.1, -0.05) is 18.2 Å². The van der Waals surface area contributed by atoms with Gasteiger partial charge in [-0.25, -0.2) is 0 Å². The number of carbonyl (C=O) groups excluding carboxylic acids is 1. The first-order chi connectivity index (χ1) is 14.5. The number of hydrogen-bond donors (Lipinski definition) is 2. The zero-order valence-electron chi connectivity index (χ0n) is 17.0. The summed E-state index contributed by atoms with van der Waals surface area (Å²) in [6, 6.07) is 17.2. The van der Waals surface area contributed by atoms with Crippen LogP contribution < -0.4 is 10.6 Å². The Labute approximate surface area is 181 Å². The van der Waals surface area contributed by atoms with Crippen molar-refractivity contribution in [1.82, 2.24) is 15.2 Å². The van der Waals surface area contributed by atoms with Crippen LogP contribution in [0.5, 0.6) is 0 Å². The van der Waals surface area contributed by atoms with Gasteiger partial charge in [0, 0.05) is 24.8 Å². The molecule has 1 saturated heterocycles. The van der Waals surface area contributed by atoms with Crippen molar-refractivity contribution in [2.45, 2.75) is 32.4 Å². The molecular formula is C23H24N4O2S. The first kappa shape index (κ1) is 20.1. The number of amides is 1. The lowest BCUT2D eigenvalue weighted by atomic mass is 10.0. The van der Waals surface area contributed by atoms with Gasteiger partial charge in [0.05, 0.1) is 11.7 Å². The fraction of sp³-hybridized carbons (Fsp3) is 0.261. The number of nitrogens with zero attached hydrogens (tertiary/aromatic N) is 2. The van der Waals surface area contributed by atoms with Gasteiger partial charge in [-0.3, -0.25) is 9.78 Å². The third-order valence-electron chi connectivity index (χ3n) is 5.13. The molecule has 1 amide bonds. The lowest BCUT2D eigenvalue weighted by Gasteiger charge is -2.25. The topological polar surface area (TPSA) is 70.4 Å². The molecule has 154 valence electrons. The van der Waals surface area contributed by atoms with E-state index < -0.39 is 0 Å². The lowest BCUT2D eigenvalue weighted by Crippen LogP contribution is -2.32. The smallest absolute Gasteiger partial charge is 0.226 e. The normalized spacial score (nSPS) is 18.3. The first-order valence-corrected chi connectivity index (χ1v) is 10.3. The van der Waals surface area contributed by atoms with E-state index in [0.717, 1.165) is 28.5 Å². The van der Waals surface area contributed by atoms with Gasteiger partial charge >= 0.3 is 0 Å². The second-order valence-electron chi connectivity index (χ2n) is 7.44. The van der Waals surface area contributed by atoms with E-state index in [1.807, 2.05) is 73.3 Å². The molecule has 7 heteroatoms. The zero-order chi connectivity index (χ0) is 21.1. The van der Waals surface area contributed by atoms with Gasteiger partial charge < -0.3 is 20.0 Å². The molecule has 2 atom stereocenters. The highest BCUT2D eigenvalue weighted by Gasteiger charge is 2.41. The molecule has 0 bridgehead atoms. The maximum atomic E-state index is 12.5. The standard InChI is InChI=1S/C23H24N4O2S/c1-15-6-5-7-17(14-15)25-20(28)11-13-27-22(19-10-9-16(2)29-19)21(26-23(27)30)18-8-3-4-12-24-18/h3-10,12,14,21-22H,11,13H2,1-2H3,(H,25,28)(H,26,30)/t21-,22+/m0/s1. The number of benzene rings is 1. The van der Waals surface area contributed by atoms with Crippen molar-refractivity contribution in [3.05, 3.63) is 83.6 Å². The summed E-state index contributed by atoms with van der Waals surface area (Å²) in [6.07, 6.45) is 2.07. The summed E-state index contributed by atoms with van der Waals surface area (Å²) in [5.41, 5.74) is 2.78. The molecule has 2 N–H and O–H groups in total. The largest absolute Gasteiger partial charge is 0.464 e.